The maximum Gasteiger partial charge on any atom is 0.322 e. The smallest absolute Gasteiger partial charge is 0.322 e. The molecule has 7 nitrogen and oxygen atoms in total. The van der Waals surface area contributed by atoms with Crippen molar-refractivity contribution in [3.05, 3.63) is 0 Å². The van der Waals surface area contributed by atoms with Gasteiger partial charge in [0.1, 0.15) is 6.04 Å². The van der Waals surface area contributed by atoms with E-state index in [9.17, 15) is 14.4 Å². The van der Waals surface area contributed by atoms with Gasteiger partial charge >= 0.3 is 5.97 Å². The van der Waals surface area contributed by atoms with E-state index in [-0.39, 0.29) is 25.5 Å². The molecule has 7 heteroatoms. The van der Waals surface area contributed by atoms with Crippen molar-refractivity contribution in [2.45, 2.75) is 19.0 Å². The van der Waals surface area contributed by atoms with Crippen molar-refractivity contribution in [3.8, 4) is 12.3 Å². The molecule has 0 spiro atoms. The number of carbonyl (C=O) groups excluding carboxylic acids is 2. The van der Waals surface area contributed by atoms with Gasteiger partial charge in [0.15, 0.2) is 0 Å². The standard InChI is InChI=1S/C11H15N3O4/c1-3-4-12-10(16)7(2)14-6-9(15)13-5-8(14)11(17)18/h1,7-8H,4-6H2,2H3,(H,12,16)(H,13,15)(H,17,18). The number of hydrogen-bond donors (Lipinski definition) is 3. The molecular weight excluding hydrogens is 238 g/mol. The lowest BCUT2D eigenvalue weighted by Crippen LogP contribution is -2.62. The number of aliphatic carboxylic acids is 1. The van der Waals surface area contributed by atoms with Gasteiger partial charge in [-0.15, -0.1) is 6.42 Å². The summed E-state index contributed by atoms with van der Waals surface area (Å²) >= 11 is 0. The zero-order valence-electron chi connectivity index (χ0n) is 9.97. The van der Waals surface area contributed by atoms with Crippen LogP contribution in [-0.4, -0.2) is 59.5 Å². The number of piperazine rings is 1. The van der Waals surface area contributed by atoms with Crippen LogP contribution in [0, 0.1) is 12.3 Å². The second-order valence-electron chi connectivity index (χ2n) is 3.93. The molecule has 0 aromatic carbocycles. The molecule has 1 fully saturated rings. The van der Waals surface area contributed by atoms with Crippen molar-refractivity contribution in [3.63, 3.8) is 0 Å². The average Bonchev–Trinajstić information content (AvgIpc) is 2.34. The zero-order chi connectivity index (χ0) is 13.7. The van der Waals surface area contributed by atoms with Gasteiger partial charge in [-0.05, 0) is 6.92 Å². The SMILES string of the molecule is C#CCNC(=O)C(C)N1CC(=O)NCC1C(=O)O. The summed E-state index contributed by atoms with van der Waals surface area (Å²) < 4.78 is 0. The number of nitrogens with one attached hydrogen (secondary N) is 2. The Morgan fingerprint density at radius 2 is 2.39 bits per heavy atom. The molecule has 0 aliphatic carbocycles. The number of carboxylic acid groups (broad SMARTS) is 1. The number of rotatable bonds is 4. The quantitative estimate of drug-likeness (QED) is 0.504. The van der Waals surface area contributed by atoms with Crippen molar-refractivity contribution < 1.29 is 19.5 Å². The molecule has 98 valence electrons. The summed E-state index contributed by atoms with van der Waals surface area (Å²) in [5.41, 5.74) is 0. The largest absolute Gasteiger partial charge is 0.480 e. The van der Waals surface area contributed by atoms with Gasteiger partial charge in [-0.2, -0.15) is 0 Å². The van der Waals surface area contributed by atoms with Crippen molar-refractivity contribution in [2.75, 3.05) is 19.6 Å². The van der Waals surface area contributed by atoms with Crippen LogP contribution in [0.2, 0.25) is 0 Å². The highest BCUT2D eigenvalue weighted by atomic mass is 16.4. The molecule has 2 atom stereocenters. The van der Waals surface area contributed by atoms with E-state index in [2.05, 4.69) is 16.6 Å². The minimum atomic E-state index is -1.08. The van der Waals surface area contributed by atoms with Gasteiger partial charge in [0.05, 0.1) is 19.1 Å². The fourth-order valence-corrected chi connectivity index (χ4v) is 1.73. The highest BCUT2D eigenvalue weighted by Gasteiger charge is 2.37. The summed E-state index contributed by atoms with van der Waals surface area (Å²) in [7, 11) is 0. The molecule has 18 heavy (non-hydrogen) atoms. The molecule has 1 heterocycles. The van der Waals surface area contributed by atoms with E-state index in [1.807, 2.05) is 0 Å². The van der Waals surface area contributed by atoms with Crippen LogP contribution in [-0.2, 0) is 14.4 Å². The van der Waals surface area contributed by atoms with E-state index in [1.165, 1.54) is 4.90 Å². The first-order valence-electron chi connectivity index (χ1n) is 5.43. The molecule has 1 rings (SSSR count). The molecule has 0 radical (unpaired) electrons. The van der Waals surface area contributed by atoms with E-state index < -0.39 is 24.0 Å². The maximum atomic E-state index is 11.7. The van der Waals surface area contributed by atoms with Gasteiger partial charge in [-0.1, -0.05) is 5.92 Å². The van der Waals surface area contributed by atoms with E-state index in [0.29, 0.717) is 0 Å². The topological polar surface area (TPSA) is 98.7 Å². The minimum absolute atomic E-state index is 0.0130. The van der Waals surface area contributed by atoms with Gasteiger partial charge in [-0.3, -0.25) is 19.3 Å². The highest BCUT2D eigenvalue weighted by molar-refractivity contribution is 5.87. The molecule has 0 aromatic heterocycles. The Balaban J connectivity index is 2.75. The van der Waals surface area contributed by atoms with Crippen LogP contribution in [0.3, 0.4) is 0 Å². The fraction of sp³-hybridized carbons (Fsp3) is 0.545. The van der Waals surface area contributed by atoms with E-state index in [4.69, 9.17) is 11.5 Å². The summed E-state index contributed by atoms with van der Waals surface area (Å²) in [5, 5.41) is 14.0. The number of terminal acetylenes is 1. The Hall–Kier alpha value is -2.07. The van der Waals surface area contributed by atoms with Crippen molar-refractivity contribution in [1.82, 2.24) is 15.5 Å². The van der Waals surface area contributed by atoms with Crippen molar-refractivity contribution in [2.24, 2.45) is 0 Å². The van der Waals surface area contributed by atoms with Crippen molar-refractivity contribution >= 4 is 17.8 Å². The highest BCUT2D eigenvalue weighted by Crippen LogP contribution is 2.09. The van der Waals surface area contributed by atoms with Gasteiger partial charge in [-0.25, -0.2) is 0 Å². The monoisotopic (exact) mass is 253 g/mol. The van der Waals surface area contributed by atoms with E-state index in [0.717, 1.165) is 0 Å². The summed E-state index contributed by atoms with van der Waals surface area (Å²) in [5.74, 6) is 0.480. The van der Waals surface area contributed by atoms with Gasteiger partial charge in [0.25, 0.3) is 0 Å². The van der Waals surface area contributed by atoms with Gasteiger partial charge in [0.2, 0.25) is 11.8 Å². The number of carboxylic acids is 1. The Labute approximate surface area is 105 Å². The lowest BCUT2D eigenvalue weighted by Gasteiger charge is -2.36. The Morgan fingerprint density at radius 3 is 2.94 bits per heavy atom. The molecule has 1 aliphatic rings. The van der Waals surface area contributed by atoms with E-state index >= 15 is 0 Å². The fourth-order valence-electron chi connectivity index (χ4n) is 1.73. The van der Waals surface area contributed by atoms with Crippen LogP contribution in [0.5, 0.6) is 0 Å². The second kappa shape index (κ2) is 6.02. The Bertz CT molecular complexity index is 402. The predicted octanol–water partition coefficient (Wildman–Crippen LogP) is -1.99. The number of hydrogen-bond acceptors (Lipinski definition) is 4. The molecule has 0 saturated carbocycles. The molecule has 1 saturated heterocycles. The molecule has 1 aliphatic heterocycles. The number of nitrogens with zero attached hydrogens (tertiary/aromatic N) is 1. The third-order valence-corrected chi connectivity index (χ3v) is 2.75. The summed E-state index contributed by atoms with van der Waals surface area (Å²) in [6, 6.07) is -1.64. The van der Waals surface area contributed by atoms with E-state index in [1.54, 1.807) is 6.92 Å². The van der Waals surface area contributed by atoms with Crippen LogP contribution in [0.15, 0.2) is 0 Å². The van der Waals surface area contributed by atoms with Crippen LogP contribution < -0.4 is 10.6 Å². The minimum Gasteiger partial charge on any atom is -0.480 e. The van der Waals surface area contributed by atoms with Crippen LogP contribution in [0.25, 0.3) is 0 Å². The maximum absolute atomic E-state index is 11.7. The number of amides is 2. The van der Waals surface area contributed by atoms with Gasteiger partial charge < -0.3 is 15.7 Å². The molecular formula is C11H15N3O4. The molecule has 3 N–H and O–H groups in total. The first-order valence-corrected chi connectivity index (χ1v) is 5.43. The molecule has 0 bridgehead atoms. The molecule has 2 amide bonds. The van der Waals surface area contributed by atoms with Crippen LogP contribution >= 0.6 is 0 Å². The first kappa shape index (κ1) is 14.0. The first-order chi connectivity index (χ1) is 8.47. The Kier molecular flexibility index (Phi) is 4.68. The van der Waals surface area contributed by atoms with Crippen molar-refractivity contribution in [1.29, 1.82) is 0 Å². The predicted molar refractivity (Wildman–Crippen MR) is 62.4 cm³/mol. The molecule has 0 aromatic rings. The third-order valence-electron chi connectivity index (χ3n) is 2.75. The molecule has 2 unspecified atom stereocenters. The zero-order valence-corrected chi connectivity index (χ0v) is 9.97. The lowest BCUT2D eigenvalue weighted by molar-refractivity contribution is -0.148. The average molecular weight is 253 g/mol. The summed E-state index contributed by atoms with van der Waals surface area (Å²) in [6.07, 6.45) is 5.02. The van der Waals surface area contributed by atoms with Crippen LogP contribution in [0.1, 0.15) is 6.92 Å². The normalized spacial score (nSPS) is 21.6. The summed E-state index contributed by atoms with van der Waals surface area (Å²) in [4.78, 5) is 35.4. The number of carbonyl (C=O) groups is 3. The third kappa shape index (κ3) is 3.21. The Morgan fingerprint density at radius 1 is 1.72 bits per heavy atom. The van der Waals surface area contributed by atoms with Gasteiger partial charge in [0, 0.05) is 6.54 Å². The lowest BCUT2D eigenvalue weighted by atomic mass is 10.1. The second-order valence-corrected chi connectivity index (χ2v) is 3.93. The van der Waals surface area contributed by atoms with Crippen LogP contribution in [0.4, 0.5) is 0 Å². The summed E-state index contributed by atoms with van der Waals surface area (Å²) in [6.45, 7) is 1.48.